The van der Waals surface area contributed by atoms with Gasteiger partial charge in [-0.15, -0.1) is 0 Å². The molecular weight excluding hydrogens is 343 g/mol. The highest BCUT2D eigenvalue weighted by atomic mass is 19.1. The Labute approximate surface area is 157 Å². The molecule has 1 N–H and O–H groups in total. The molecule has 2 aromatic carbocycles. The lowest BCUT2D eigenvalue weighted by Gasteiger charge is -2.19. The average molecular weight is 364 g/mol. The SMILES string of the molecule is Cn1nc(C(=O)NCCN2CCc3ccccc32)cc1-c1ccc(F)cc1. The molecule has 0 aliphatic carbocycles. The van der Waals surface area contributed by atoms with Crippen molar-refractivity contribution in [1.29, 1.82) is 0 Å². The summed E-state index contributed by atoms with van der Waals surface area (Å²) in [6, 6.07) is 16.3. The molecule has 3 aromatic rings. The number of nitrogens with one attached hydrogen (secondary N) is 1. The standard InChI is InChI=1S/C21H21FN4O/c1-25-20(16-6-8-17(22)9-7-16)14-18(24-25)21(27)23-11-13-26-12-10-15-4-2-3-5-19(15)26/h2-9,14H,10-13H2,1H3,(H,23,27). The average Bonchev–Trinajstić information content (AvgIpc) is 3.26. The molecule has 1 aromatic heterocycles. The Hall–Kier alpha value is -3.15. The van der Waals surface area contributed by atoms with Crippen molar-refractivity contribution in [3.63, 3.8) is 0 Å². The molecule has 1 aliphatic rings. The van der Waals surface area contributed by atoms with E-state index >= 15 is 0 Å². The summed E-state index contributed by atoms with van der Waals surface area (Å²) in [7, 11) is 1.77. The van der Waals surface area contributed by atoms with Crippen LogP contribution in [-0.4, -0.2) is 35.3 Å². The molecule has 5 nitrogen and oxygen atoms in total. The minimum Gasteiger partial charge on any atom is -0.369 e. The van der Waals surface area contributed by atoms with Crippen molar-refractivity contribution >= 4 is 11.6 Å². The Morgan fingerprint density at radius 3 is 2.78 bits per heavy atom. The lowest BCUT2D eigenvalue weighted by Crippen LogP contribution is -2.34. The summed E-state index contributed by atoms with van der Waals surface area (Å²) in [5.41, 5.74) is 4.56. The van der Waals surface area contributed by atoms with Crippen LogP contribution in [0.1, 0.15) is 16.1 Å². The lowest BCUT2D eigenvalue weighted by atomic mass is 10.1. The fourth-order valence-electron chi connectivity index (χ4n) is 3.50. The van der Waals surface area contributed by atoms with Gasteiger partial charge in [-0.1, -0.05) is 18.2 Å². The van der Waals surface area contributed by atoms with Crippen molar-refractivity contribution in [1.82, 2.24) is 15.1 Å². The van der Waals surface area contributed by atoms with Gasteiger partial charge in [0.05, 0.1) is 5.69 Å². The third kappa shape index (κ3) is 3.56. The van der Waals surface area contributed by atoms with Gasteiger partial charge in [0, 0.05) is 32.4 Å². The van der Waals surface area contributed by atoms with Crippen LogP contribution in [0.3, 0.4) is 0 Å². The Balaban J connectivity index is 1.38. The van der Waals surface area contributed by atoms with Crippen molar-refractivity contribution in [2.45, 2.75) is 6.42 Å². The first-order chi connectivity index (χ1) is 13.1. The quantitative estimate of drug-likeness (QED) is 0.757. The number of amides is 1. The third-order valence-electron chi connectivity index (χ3n) is 4.90. The van der Waals surface area contributed by atoms with E-state index in [-0.39, 0.29) is 11.7 Å². The van der Waals surface area contributed by atoms with Crippen LogP contribution in [0.15, 0.2) is 54.6 Å². The largest absolute Gasteiger partial charge is 0.369 e. The number of fused-ring (bicyclic) bond motifs is 1. The van der Waals surface area contributed by atoms with Gasteiger partial charge in [-0.3, -0.25) is 9.48 Å². The van der Waals surface area contributed by atoms with Crippen LogP contribution < -0.4 is 10.2 Å². The van der Waals surface area contributed by atoms with Crippen molar-refractivity contribution in [2.75, 3.05) is 24.5 Å². The molecule has 27 heavy (non-hydrogen) atoms. The number of rotatable bonds is 5. The van der Waals surface area contributed by atoms with Crippen molar-refractivity contribution < 1.29 is 9.18 Å². The molecule has 2 heterocycles. The Morgan fingerprint density at radius 2 is 1.96 bits per heavy atom. The molecule has 1 amide bonds. The first kappa shape index (κ1) is 17.3. The number of carbonyl (C=O) groups is 1. The van der Waals surface area contributed by atoms with Crippen LogP contribution in [0.25, 0.3) is 11.3 Å². The molecule has 6 heteroatoms. The van der Waals surface area contributed by atoms with Crippen molar-refractivity contribution in [2.24, 2.45) is 7.05 Å². The highest BCUT2D eigenvalue weighted by molar-refractivity contribution is 5.93. The van der Waals surface area contributed by atoms with E-state index in [9.17, 15) is 9.18 Å². The maximum absolute atomic E-state index is 13.1. The Bertz CT molecular complexity index is 965. The number of hydrogen-bond acceptors (Lipinski definition) is 3. The first-order valence-corrected chi connectivity index (χ1v) is 9.03. The predicted octanol–water partition coefficient (Wildman–Crippen LogP) is 3.02. The second kappa shape index (κ2) is 7.23. The van der Waals surface area contributed by atoms with Gasteiger partial charge in [0.2, 0.25) is 0 Å². The molecule has 138 valence electrons. The number of benzene rings is 2. The number of anilines is 1. The molecule has 0 saturated heterocycles. The minimum atomic E-state index is -0.289. The number of carbonyl (C=O) groups excluding carboxylic acids is 1. The summed E-state index contributed by atoms with van der Waals surface area (Å²) in [5, 5.41) is 7.23. The number of hydrogen-bond donors (Lipinski definition) is 1. The van der Waals surface area contributed by atoms with Crippen molar-refractivity contribution in [3.05, 3.63) is 71.7 Å². The van der Waals surface area contributed by atoms with E-state index in [4.69, 9.17) is 0 Å². The van der Waals surface area contributed by atoms with Crippen LogP contribution in [0, 0.1) is 5.82 Å². The highest BCUT2D eigenvalue weighted by Gasteiger charge is 2.18. The van der Waals surface area contributed by atoms with E-state index in [1.807, 2.05) is 6.07 Å². The third-order valence-corrected chi connectivity index (χ3v) is 4.90. The lowest BCUT2D eigenvalue weighted by molar-refractivity contribution is 0.0949. The molecule has 0 spiro atoms. The number of halogens is 1. The van der Waals surface area contributed by atoms with Gasteiger partial charge in [-0.25, -0.2) is 4.39 Å². The van der Waals surface area contributed by atoms with E-state index in [1.54, 1.807) is 29.9 Å². The van der Waals surface area contributed by atoms with Crippen molar-refractivity contribution in [3.8, 4) is 11.3 Å². The summed E-state index contributed by atoms with van der Waals surface area (Å²) >= 11 is 0. The summed E-state index contributed by atoms with van der Waals surface area (Å²) in [5.74, 6) is -0.492. The Kier molecular flexibility index (Phi) is 4.62. The van der Waals surface area contributed by atoms with Gasteiger partial charge in [0.15, 0.2) is 5.69 Å². The molecule has 0 atom stereocenters. The van der Waals surface area contributed by atoms with Crippen LogP contribution in [0.5, 0.6) is 0 Å². The van der Waals surface area contributed by atoms with E-state index in [0.29, 0.717) is 12.2 Å². The molecule has 1 aliphatic heterocycles. The topological polar surface area (TPSA) is 50.2 Å². The van der Waals surface area contributed by atoms with E-state index in [0.717, 1.165) is 30.8 Å². The molecule has 0 saturated carbocycles. The number of para-hydroxylation sites is 1. The zero-order valence-corrected chi connectivity index (χ0v) is 15.2. The van der Waals surface area contributed by atoms with E-state index in [2.05, 4.69) is 33.5 Å². The number of aryl methyl sites for hydroxylation is 1. The smallest absolute Gasteiger partial charge is 0.271 e. The molecule has 4 rings (SSSR count). The molecule has 0 fully saturated rings. The van der Waals surface area contributed by atoms with Crippen LogP contribution in [0.2, 0.25) is 0 Å². The maximum Gasteiger partial charge on any atom is 0.271 e. The normalized spacial score (nSPS) is 12.9. The number of aromatic nitrogens is 2. The van der Waals surface area contributed by atoms with E-state index < -0.39 is 0 Å². The fraction of sp³-hybridized carbons (Fsp3) is 0.238. The van der Waals surface area contributed by atoms with Crippen LogP contribution in [-0.2, 0) is 13.5 Å². The highest BCUT2D eigenvalue weighted by Crippen LogP contribution is 2.26. The number of nitrogens with zero attached hydrogens (tertiary/aromatic N) is 3. The summed E-state index contributed by atoms with van der Waals surface area (Å²) in [4.78, 5) is 14.7. The summed E-state index contributed by atoms with van der Waals surface area (Å²) in [6.07, 6.45) is 1.05. The summed E-state index contributed by atoms with van der Waals surface area (Å²) < 4.78 is 14.7. The Morgan fingerprint density at radius 1 is 1.19 bits per heavy atom. The fourth-order valence-corrected chi connectivity index (χ4v) is 3.50. The molecule has 0 radical (unpaired) electrons. The second-order valence-corrected chi connectivity index (χ2v) is 6.67. The van der Waals surface area contributed by atoms with Gasteiger partial charge in [0.25, 0.3) is 5.91 Å². The summed E-state index contributed by atoms with van der Waals surface area (Å²) in [6.45, 7) is 2.30. The van der Waals surface area contributed by atoms with Gasteiger partial charge >= 0.3 is 0 Å². The minimum absolute atomic E-state index is 0.202. The predicted molar refractivity (Wildman–Crippen MR) is 103 cm³/mol. The molecular formula is C21H21FN4O. The van der Waals surface area contributed by atoms with Gasteiger partial charge in [-0.2, -0.15) is 5.10 Å². The van der Waals surface area contributed by atoms with E-state index in [1.165, 1.54) is 23.4 Å². The second-order valence-electron chi connectivity index (χ2n) is 6.67. The van der Waals surface area contributed by atoms with Gasteiger partial charge in [0.1, 0.15) is 5.82 Å². The van der Waals surface area contributed by atoms with Gasteiger partial charge in [-0.05, 0) is 53.9 Å². The van der Waals surface area contributed by atoms with Crippen LogP contribution >= 0.6 is 0 Å². The maximum atomic E-state index is 13.1. The van der Waals surface area contributed by atoms with Gasteiger partial charge < -0.3 is 10.2 Å². The zero-order chi connectivity index (χ0) is 18.8. The monoisotopic (exact) mass is 364 g/mol. The zero-order valence-electron chi connectivity index (χ0n) is 15.2. The molecule has 0 unspecified atom stereocenters. The van der Waals surface area contributed by atoms with Crippen LogP contribution in [0.4, 0.5) is 10.1 Å². The first-order valence-electron chi connectivity index (χ1n) is 9.03. The molecule has 0 bridgehead atoms.